The summed E-state index contributed by atoms with van der Waals surface area (Å²) in [5.74, 6) is 2.64. The van der Waals surface area contributed by atoms with Crippen LogP contribution in [0.15, 0.2) is 24.3 Å². The number of carbonyl (C=O) groups is 1. The number of benzene rings is 1. The molecule has 1 heteroatoms. The highest BCUT2D eigenvalue weighted by molar-refractivity contribution is 5.59. The lowest BCUT2D eigenvalue weighted by molar-refractivity contribution is -0.118. The third-order valence-corrected chi connectivity index (χ3v) is 8.95. The predicted octanol–water partition coefficient (Wildman–Crippen LogP) is 9.43. The zero-order chi connectivity index (χ0) is 22.7. The number of aldehydes is 1. The molecule has 2 saturated carbocycles. The van der Waals surface area contributed by atoms with Crippen LogP contribution < -0.4 is 0 Å². The molecule has 0 aromatic heterocycles. The molecule has 2 aliphatic rings. The Labute approximate surface area is 199 Å². The minimum atomic E-state index is -0.0146. The number of unbranched alkanes of at least 4 members (excludes halogenated alkanes) is 4. The van der Waals surface area contributed by atoms with Crippen LogP contribution in [0.25, 0.3) is 0 Å². The van der Waals surface area contributed by atoms with Crippen molar-refractivity contribution in [3.05, 3.63) is 35.4 Å². The molecule has 0 unspecified atom stereocenters. The molecule has 180 valence electrons. The summed E-state index contributed by atoms with van der Waals surface area (Å²) < 4.78 is 0. The molecular formula is C31H50O. The summed E-state index contributed by atoms with van der Waals surface area (Å²) in [6.07, 6.45) is 25.2. The van der Waals surface area contributed by atoms with Crippen LogP contribution in [0.2, 0.25) is 0 Å². The Kier molecular flexibility index (Phi) is 10.8. The number of carbonyl (C=O) groups excluding carboxylic acids is 1. The van der Waals surface area contributed by atoms with E-state index in [9.17, 15) is 4.79 Å². The average molecular weight is 439 g/mol. The molecule has 0 amide bonds. The fraction of sp³-hybridized carbons (Fsp3) is 0.774. The van der Waals surface area contributed by atoms with Gasteiger partial charge in [-0.3, -0.25) is 0 Å². The van der Waals surface area contributed by atoms with Gasteiger partial charge >= 0.3 is 0 Å². The van der Waals surface area contributed by atoms with E-state index in [4.69, 9.17) is 0 Å². The third kappa shape index (κ3) is 7.74. The van der Waals surface area contributed by atoms with Crippen molar-refractivity contribution in [2.75, 3.05) is 0 Å². The fourth-order valence-electron chi connectivity index (χ4n) is 6.62. The Hall–Kier alpha value is -1.11. The molecule has 32 heavy (non-hydrogen) atoms. The lowest BCUT2D eigenvalue weighted by Gasteiger charge is -2.36. The molecule has 2 aliphatic carbocycles. The van der Waals surface area contributed by atoms with Crippen molar-refractivity contribution in [2.24, 2.45) is 17.3 Å². The molecule has 0 saturated heterocycles. The van der Waals surface area contributed by atoms with E-state index in [2.05, 4.69) is 38.1 Å². The second-order valence-electron chi connectivity index (χ2n) is 11.4. The van der Waals surface area contributed by atoms with Crippen LogP contribution in [0.4, 0.5) is 0 Å². The summed E-state index contributed by atoms with van der Waals surface area (Å²) in [5.41, 5.74) is 3.01. The van der Waals surface area contributed by atoms with E-state index in [-0.39, 0.29) is 5.41 Å². The van der Waals surface area contributed by atoms with E-state index < -0.39 is 0 Å². The maximum absolute atomic E-state index is 11.7. The predicted molar refractivity (Wildman–Crippen MR) is 138 cm³/mol. The van der Waals surface area contributed by atoms with Gasteiger partial charge in [-0.15, -0.1) is 0 Å². The summed E-state index contributed by atoms with van der Waals surface area (Å²) in [6, 6.07) is 9.57. The van der Waals surface area contributed by atoms with Gasteiger partial charge in [-0.05, 0) is 73.8 Å². The van der Waals surface area contributed by atoms with Gasteiger partial charge in [0.2, 0.25) is 0 Å². The zero-order valence-electron chi connectivity index (χ0n) is 21.3. The number of hydrogen-bond donors (Lipinski definition) is 0. The van der Waals surface area contributed by atoms with E-state index in [1.54, 1.807) is 0 Å². The van der Waals surface area contributed by atoms with Crippen molar-refractivity contribution in [1.82, 2.24) is 0 Å². The Morgan fingerprint density at radius 2 is 1.41 bits per heavy atom. The van der Waals surface area contributed by atoms with Crippen LogP contribution >= 0.6 is 0 Å². The SMILES string of the molecule is CCCCCCCC1CCC(CCc2ccc(C3CCC(C=O)(CCC)CC3)cc2)CC1. The second-order valence-corrected chi connectivity index (χ2v) is 11.4. The van der Waals surface area contributed by atoms with Crippen LogP contribution in [0.3, 0.4) is 0 Å². The number of rotatable bonds is 13. The van der Waals surface area contributed by atoms with Gasteiger partial charge in [0.25, 0.3) is 0 Å². The third-order valence-electron chi connectivity index (χ3n) is 8.95. The lowest BCUT2D eigenvalue weighted by Crippen LogP contribution is -2.28. The molecular weight excluding hydrogens is 388 g/mol. The van der Waals surface area contributed by atoms with Crippen molar-refractivity contribution >= 4 is 6.29 Å². The fourth-order valence-corrected chi connectivity index (χ4v) is 6.62. The maximum atomic E-state index is 11.7. The van der Waals surface area contributed by atoms with E-state index in [1.165, 1.54) is 107 Å². The molecule has 0 N–H and O–H groups in total. The van der Waals surface area contributed by atoms with Gasteiger partial charge in [-0.2, -0.15) is 0 Å². The maximum Gasteiger partial charge on any atom is 0.126 e. The van der Waals surface area contributed by atoms with E-state index in [1.807, 2.05) is 0 Å². The van der Waals surface area contributed by atoms with Gasteiger partial charge in [0.1, 0.15) is 6.29 Å². The molecule has 1 aromatic carbocycles. The smallest absolute Gasteiger partial charge is 0.126 e. The summed E-state index contributed by atoms with van der Waals surface area (Å²) >= 11 is 0. The van der Waals surface area contributed by atoms with Crippen LogP contribution in [0.5, 0.6) is 0 Å². The van der Waals surface area contributed by atoms with Gasteiger partial charge in [0.15, 0.2) is 0 Å². The van der Waals surface area contributed by atoms with Crippen LogP contribution in [0, 0.1) is 17.3 Å². The highest BCUT2D eigenvalue weighted by Crippen LogP contribution is 2.44. The Balaban J connectivity index is 1.34. The quantitative estimate of drug-likeness (QED) is 0.221. The van der Waals surface area contributed by atoms with E-state index >= 15 is 0 Å². The minimum absolute atomic E-state index is 0.0146. The summed E-state index contributed by atoms with van der Waals surface area (Å²) in [6.45, 7) is 4.51. The van der Waals surface area contributed by atoms with Gasteiger partial charge in [0.05, 0.1) is 0 Å². The van der Waals surface area contributed by atoms with Crippen LogP contribution in [0.1, 0.15) is 140 Å². The molecule has 3 rings (SSSR count). The summed E-state index contributed by atoms with van der Waals surface area (Å²) in [7, 11) is 0. The average Bonchev–Trinajstić information content (AvgIpc) is 2.84. The van der Waals surface area contributed by atoms with Gasteiger partial charge in [0, 0.05) is 5.41 Å². The van der Waals surface area contributed by atoms with E-state index in [0.29, 0.717) is 5.92 Å². The highest BCUT2D eigenvalue weighted by Gasteiger charge is 2.34. The first-order chi connectivity index (χ1) is 15.7. The molecule has 1 aromatic rings. The van der Waals surface area contributed by atoms with Crippen LogP contribution in [-0.2, 0) is 11.2 Å². The largest absolute Gasteiger partial charge is 0.303 e. The second kappa shape index (κ2) is 13.6. The minimum Gasteiger partial charge on any atom is -0.303 e. The molecule has 1 nitrogen and oxygen atoms in total. The monoisotopic (exact) mass is 438 g/mol. The molecule has 0 aliphatic heterocycles. The first-order valence-corrected chi connectivity index (χ1v) is 14.2. The Morgan fingerprint density at radius 3 is 2.00 bits per heavy atom. The van der Waals surface area contributed by atoms with Gasteiger partial charge < -0.3 is 4.79 Å². The van der Waals surface area contributed by atoms with Crippen molar-refractivity contribution < 1.29 is 4.79 Å². The zero-order valence-corrected chi connectivity index (χ0v) is 21.3. The lowest BCUT2D eigenvalue weighted by atomic mass is 9.68. The molecule has 0 spiro atoms. The summed E-state index contributed by atoms with van der Waals surface area (Å²) in [4.78, 5) is 11.7. The Morgan fingerprint density at radius 1 is 0.781 bits per heavy atom. The van der Waals surface area contributed by atoms with Gasteiger partial charge in [-0.25, -0.2) is 0 Å². The first-order valence-electron chi connectivity index (χ1n) is 14.2. The topological polar surface area (TPSA) is 17.1 Å². The standard InChI is InChI=1S/C31H50O/c1-3-5-6-7-8-9-26-10-12-27(13-11-26)14-15-28-16-18-29(19-17-28)30-20-23-31(25-32,22-4-2)24-21-30/h16-19,25-27,30H,3-15,20-24H2,1-2H3. The summed E-state index contributed by atoms with van der Waals surface area (Å²) in [5, 5.41) is 0. The molecule has 0 radical (unpaired) electrons. The number of hydrogen-bond acceptors (Lipinski definition) is 1. The molecule has 0 bridgehead atoms. The molecule has 0 atom stereocenters. The van der Waals surface area contributed by atoms with Crippen LogP contribution in [-0.4, -0.2) is 6.29 Å². The van der Waals surface area contributed by atoms with Crippen molar-refractivity contribution in [2.45, 2.75) is 135 Å². The van der Waals surface area contributed by atoms with E-state index in [0.717, 1.165) is 37.5 Å². The highest BCUT2D eigenvalue weighted by atomic mass is 16.1. The van der Waals surface area contributed by atoms with Gasteiger partial charge in [-0.1, -0.05) is 109 Å². The van der Waals surface area contributed by atoms with Crippen molar-refractivity contribution in [3.63, 3.8) is 0 Å². The normalized spacial score (nSPS) is 28.5. The molecule has 2 fully saturated rings. The first kappa shape index (κ1) is 25.5. The van der Waals surface area contributed by atoms with Crippen molar-refractivity contribution in [1.29, 1.82) is 0 Å². The Bertz CT molecular complexity index is 629. The number of aryl methyl sites for hydroxylation is 1. The van der Waals surface area contributed by atoms with Crippen molar-refractivity contribution in [3.8, 4) is 0 Å². The molecule has 0 heterocycles.